The van der Waals surface area contributed by atoms with E-state index < -0.39 is 91.0 Å². The van der Waals surface area contributed by atoms with E-state index >= 15 is 0 Å². The van der Waals surface area contributed by atoms with Crippen LogP contribution in [0, 0.1) is 6.92 Å². The number of rotatable bonds is 8. The topological polar surface area (TPSA) is 50.9 Å². The molecule has 0 amide bonds. The molecule has 0 aliphatic heterocycles. The molecule has 2 aromatic heterocycles. The van der Waals surface area contributed by atoms with Gasteiger partial charge in [-0.1, -0.05) is 173 Å². The molecule has 0 spiro atoms. The number of fused-ring (bicyclic) bond motifs is 1. The molecule has 0 aliphatic carbocycles. The molecule has 0 bridgehead atoms. The summed E-state index contributed by atoms with van der Waals surface area (Å²) in [5, 5.41) is 13.1. The lowest BCUT2D eigenvalue weighted by atomic mass is 9.78. The van der Waals surface area contributed by atoms with Crippen molar-refractivity contribution < 1.29 is 29.8 Å². The number of benzene rings is 6. The van der Waals surface area contributed by atoms with Crippen LogP contribution in [-0.2, 0) is 21.7 Å². The Labute approximate surface area is 407 Å². The Morgan fingerprint density at radius 1 is 0.562 bits per heavy atom. The third kappa shape index (κ3) is 8.55. The van der Waals surface area contributed by atoms with Crippen LogP contribution in [0.2, 0.25) is 0 Å². The standard InChI is InChI=1S/C60H65N3O/c1-14-60(12,13)44-27-28-52(48(35-44)40-19-16-15-17-20-40)63-53-22-18-21-47(54(53)62-56(63)49-36-46(58(6,7)8)37-50(55(49)64)59(9,10)11)42-31-43(33-45(32-42)57(3,4)5)51-34-41(29-30-61-51)39-25-23-38(2)24-26-39/h15-37,64H,14H2,1-13H3/i6D3,7D3,8D3,9D3,10D3,11D3. The van der Waals surface area contributed by atoms with Crippen LogP contribution in [0.25, 0.3) is 72.7 Å². The van der Waals surface area contributed by atoms with Crippen molar-refractivity contribution in [1.82, 2.24) is 14.5 Å². The predicted octanol–water partition coefficient (Wildman–Crippen LogP) is 16.3. The molecule has 326 valence electrons. The van der Waals surface area contributed by atoms with Gasteiger partial charge in [0.1, 0.15) is 11.6 Å². The minimum atomic E-state index is -4.13. The number of pyridine rings is 1. The average molecular weight is 862 g/mol. The predicted molar refractivity (Wildman–Crippen MR) is 272 cm³/mol. The van der Waals surface area contributed by atoms with Crippen LogP contribution in [0.3, 0.4) is 0 Å². The Hall–Kier alpha value is -6.26. The maximum atomic E-state index is 13.1. The van der Waals surface area contributed by atoms with Crippen LogP contribution in [-0.4, -0.2) is 19.6 Å². The van der Waals surface area contributed by atoms with E-state index in [1.54, 1.807) is 35.0 Å². The van der Waals surface area contributed by atoms with E-state index in [0.29, 0.717) is 51.6 Å². The van der Waals surface area contributed by atoms with Gasteiger partial charge < -0.3 is 5.11 Å². The van der Waals surface area contributed by atoms with Gasteiger partial charge in [-0.15, -0.1) is 0 Å². The van der Waals surface area contributed by atoms with Crippen molar-refractivity contribution >= 4 is 11.0 Å². The van der Waals surface area contributed by atoms with Gasteiger partial charge in [0.2, 0.25) is 0 Å². The summed E-state index contributed by atoms with van der Waals surface area (Å²) in [5.74, 6) is -1.74. The fourth-order valence-corrected chi connectivity index (χ4v) is 8.15. The van der Waals surface area contributed by atoms with E-state index in [0.717, 1.165) is 39.4 Å². The normalized spacial score (nSPS) is 17.9. The molecule has 1 N–H and O–H groups in total. The first kappa shape index (κ1) is 27.2. The summed E-state index contributed by atoms with van der Waals surface area (Å²) in [6.45, 7) is -10.2. The second kappa shape index (κ2) is 16.4. The molecular weight excluding hydrogens is 779 g/mol. The lowest BCUT2D eigenvalue weighted by Gasteiger charge is -2.28. The summed E-state index contributed by atoms with van der Waals surface area (Å²) in [4.78, 5) is 10.1. The zero-order valence-electron chi connectivity index (χ0n) is 55.3. The van der Waals surface area contributed by atoms with Crippen LogP contribution in [0.1, 0.15) is 142 Å². The van der Waals surface area contributed by atoms with Crippen LogP contribution >= 0.6 is 0 Å². The zero-order valence-corrected chi connectivity index (χ0v) is 37.3. The van der Waals surface area contributed by atoms with Crippen molar-refractivity contribution in [3.63, 3.8) is 0 Å². The third-order valence-corrected chi connectivity index (χ3v) is 12.4. The summed E-state index contributed by atoms with van der Waals surface area (Å²) >= 11 is 0. The van der Waals surface area contributed by atoms with E-state index in [-0.39, 0.29) is 5.52 Å². The van der Waals surface area contributed by atoms with Crippen molar-refractivity contribution in [1.29, 1.82) is 0 Å². The number of hydrogen-bond acceptors (Lipinski definition) is 3. The number of phenolic OH excluding ortho intramolecular Hbond substituents is 1. The number of imidazole rings is 1. The first-order valence-electron chi connectivity index (χ1n) is 30.4. The third-order valence-electron chi connectivity index (χ3n) is 12.4. The fourth-order valence-electron chi connectivity index (χ4n) is 8.15. The first-order chi connectivity index (χ1) is 37.6. The lowest BCUT2D eigenvalue weighted by molar-refractivity contribution is 0.446. The Balaban J connectivity index is 1.62. The first-order valence-corrected chi connectivity index (χ1v) is 21.4. The molecule has 0 radical (unpaired) electrons. The van der Waals surface area contributed by atoms with Gasteiger partial charge in [-0.25, -0.2) is 4.98 Å². The van der Waals surface area contributed by atoms with Gasteiger partial charge in [-0.3, -0.25) is 9.55 Å². The molecule has 0 aliphatic rings. The van der Waals surface area contributed by atoms with Gasteiger partial charge in [0, 0.05) is 53.1 Å². The maximum Gasteiger partial charge on any atom is 0.149 e. The molecule has 4 heteroatoms. The molecule has 6 aromatic carbocycles. The number of para-hydroxylation sites is 1. The summed E-state index contributed by atoms with van der Waals surface area (Å²) in [6.07, 6.45) is 2.44. The van der Waals surface area contributed by atoms with Crippen LogP contribution in [0.5, 0.6) is 5.75 Å². The van der Waals surface area contributed by atoms with Gasteiger partial charge in [-0.2, -0.15) is 0 Å². The Morgan fingerprint density at radius 3 is 1.94 bits per heavy atom. The molecule has 8 rings (SSSR count). The van der Waals surface area contributed by atoms with Gasteiger partial charge >= 0.3 is 0 Å². The van der Waals surface area contributed by atoms with Gasteiger partial charge in [0.05, 0.1) is 28.0 Å². The Bertz CT molecular complexity index is 3610. The largest absolute Gasteiger partial charge is 0.507 e. The number of aromatic hydroxyl groups is 1. The van der Waals surface area contributed by atoms with Crippen molar-refractivity contribution in [2.75, 3.05) is 0 Å². The van der Waals surface area contributed by atoms with E-state index in [2.05, 4.69) is 34.6 Å². The summed E-state index contributed by atoms with van der Waals surface area (Å²) in [6, 6.07) is 39.1. The van der Waals surface area contributed by atoms with Crippen molar-refractivity contribution in [3.8, 4) is 67.5 Å². The quantitative estimate of drug-likeness (QED) is 0.166. The van der Waals surface area contributed by atoms with Crippen molar-refractivity contribution in [2.24, 2.45) is 0 Å². The molecule has 0 atom stereocenters. The highest BCUT2D eigenvalue weighted by molar-refractivity contribution is 5.98. The van der Waals surface area contributed by atoms with E-state index in [1.165, 1.54) is 0 Å². The molecule has 0 saturated heterocycles. The molecule has 4 nitrogen and oxygen atoms in total. The summed E-state index contributed by atoms with van der Waals surface area (Å²) in [5.41, 5.74) is -3.11. The average Bonchev–Trinajstić information content (AvgIpc) is 0.888. The Morgan fingerprint density at radius 2 is 1.25 bits per heavy atom. The highest BCUT2D eigenvalue weighted by Crippen LogP contribution is 2.46. The van der Waals surface area contributed by atoms with Gasteiger partial charge in [-0.05, 0) is 122 Å². The Kier molecular flexibility index (Phi) is 6.95. The number of aromatic nitrogens is 3. The summed E-state index contributed by atoms with van der Waals surface area (Å²) in [7, 11) is 0. The second-order valence-electron chi connectivity index (χ2n) is 18.5. The molecule has 0 unspecified atom stereocenters. The molecule has 0 fully saturated rings. The fraction of sp³-hybridized carbons (Fsp3) is 0.300. The molecular formula is C60H65N3O. The minimum Gasteiger partial charge on any atom is -0.507 e. The summed E-state index contributed by atoms with van der Waals surface area (Å²) < 4.78 is 160. The van der Waals surface area contributed by atoms with Crippen molar-refractivity contribution in [2.45, 2.75) is 118 Å². The van der Waals surface area contributed by atoms with E-state index in [9.17, 15) is 5.11 Å². The van der Waals surface area contributed by atoms with Gasteiger partial charge in [0.25, 0.3) is 0 Å². The number of phenols is 1. The van der Waals surface area contributed by atoms with Crippen LogP contribution < -0.4 is 0 Å². The highest BCUT2D eigenvalue weighted by Gasteiger charge is 2.30. The van der Waals surface area contributed by atoms with E-state index in [1.807, 2.05) is 111 Å². The van der Waals surface area contributed by atoms with Crippen LogP contribution in [0.4, 0.5) is 0 Å². The van der Waals surface area contributed by atoms with E-state index in [4.69, 9.17) is 34.6 Å². The van der Waals surface area contributed by atoms with Crippen LogP contribution in [0.15, 0.2) is 140 Å². The molecule has 64 heavy (non-hydrogen) atoms. The zero-order chi connectivity index (χ0) is 60.9. The smallest absolute Gasteiger partial charge is 0.149 e. The number of hydrogen-bond donors (Lipinski definition) is 1. The van der Waals surface area contributed by atoms with Crippen molar-refractivity contribution in [3.05, 3.63) is 167 Å². The maximum absolute atomic E-state index is 13.1. The SMILES string of the molecule is [2H]C([2H])([2H])C(c1cc(-c2nc3c(-c4cc(-c5cc(-c6ccc(C)cc6)ccn5)cc(C(C)(C)C)c4)cccc3n2-c2ccc(C(C)(C)CC)cc2-c2ccccc2)c(O)c(C(C([2H])([2H])[2H])(C([2H])([2H])[2H])C([2H])([2H])[2H])c1)(C([2H])([2H])[2H])C([2H])([2H])[2H]. The number of nitrogens with zero attached hydrogens (tertiary/aromatic N) is 3. The lowest BCUT2D eigenvalue weighted by Crippen LogP contribution is -2.17. The highest BCUT2D eigenvalue weighted by atomic mass is 16.3. The second-order valence-corrected chi connectivity index (χ2v) is 18.5. The monoisotopic (exact) mass is 862 g/mol. The number of aryl methyl sites for hydroxylation is 1. The molecule has 8 aromatic rings. The molecule has 2 heterocycles. The minimum absolute atomic E-state index is 0.196. The van der Waals surface area contributed by atoms with Gasteiger partial charge in [0.15, 0.2) is 0 Å². The molecule has 0 saturated carbocycles.